The Morgan fingerprint density at radius 3 is 2.43 bits per heavy atom. The van der Waals surface area contributed by atoms with E-state index in [9.17, 15) is 18.8 Å². The number of nitrogens with zero attached hydrogens (tertiary/aromatic N) is 2. The average molecular weight is 406 g/mol. The van der Waals surface area contributed by atoms with E-state index in [1.165, 1.54) is 41.5 Å². The van der Waals surface area contributed by atoms with E-state index in [-0.39, 0.29) is 24.6 Å². The van der Waals surface area contributed by atoms with E-state index in [0.29, 0.717) is 11.3 Å². The number of rotatable bonds is 5. The largest absolute Gasteiger partial charge is 0.459 e. The number of amides is 3. The second kappa shape index (κ2) is 7.94. The summed E-state index contributed by atoms with van der Waals surface area (Å²) < 4.78 is 18.5. The molecule has 1 saturated heterocycles. The molecule has 0 saturated carbocycles. The zero-order valence-corrected chi connectivity index (χ0v) is 16.2. The first-order chi connectivity index (χ1) is 14.4. The summed E-state index contributed by atoms with van der Waals surface area (Å²) in [4.78, 5) is 41.4. The number of carbonyl (C=O) groups is 3. The van der Waals surface area contributed by atoms with Gasteiger partial charge in [-0.3, -0.25) is 14.4 Å². The monoisotopic (exact) mass is 406 g/mol. The van der Waals surface area contributed by atoms with Crippen molar-refractivity contribution in [3.63, 3.8) is 0 Å². The molecule has 2 heterocycles. The van der Waals surface area contributed by atoms with Crippen molar-refractivity contribution in [1.29, 1.82) is 0 Å². The second-order valence-corrected chi connectivity index (χ2v) is 7.16. The van der Waals surface area contributed by atoms with Crippen LogP contribution in [0.15, 0.2) is 71.3 Å². The lowest BCUT2D eigenvalue weighted by Crippen LogP contribution is -2.45. The van der Waals surface area contributed by atoms with E-state index in [1.807, 2.05) is 19.1 Å². The summed E-state index contributed by atoms with van der Waals surface area (Å²) in [6.07, 6.45) is 1.23. The van der Waals surface area contributed by atoms with Gasteiger partial charge in [0.2, 0.25) is 5.91 Å². The fourth-order valence-electron chi connectivity index (χ4n) is 3.48. The number of aryl methyl sites for hydroxylation is 1. The predicted molar refractivity (Wildman–Crippen MR) is 107 cm³/mol. The van der Waals surface area contributed by atoms with Crippen molar-refractivity contribution < 1.29 is 23.2 Å². The van der Waals surface area contributed by atoms with Gasteiger partial charge in [0.25, 0.3) is 11.8 Å². The molecule has 30 heavy (non-hydrogen) atoms. The van der Waals surface area contributed by atoms with Gasteiger partial charge in [-0.15, -0.1) is 0 Å². The van der Waals surface area contributed by atoms with E-state index >= 15 is 0 Å². The van der Waals surface area contributed by atoms with Crippen molar-refractivity contribution in [2.24, 2.45) is 0 Å². The predicted octanol–water partition coefficient (Wildman–Crippen LogP) is 3.70. The van der Waals surface area contributed by atoms with E-state index in [2.05, 4.69) is 0 Å². The minimum atomic E-state index is -0.985. The van der Waals surface area contributed by atoms with Crippen LogP contribution in [0.2, 0.25) is 0 Å². The van der Waals surface area contributed by atoms with Gasteiger partial charge >= 0.3 is 0 Å². The summed E-state index contributed by atoms with van der Waals surface area (Å²) in [6, 6.07) is 14.8. The maximum absolute atomic E-state index is 13.3. The second-order valence-electron chi connectivity index (χ2n) is 7.16. The third-order valence-corrected chi connectivity index (χ3v) is 5.05. The van der Waals surface area contributed by atoms with E-state index < -0.39 is 23.7 Å². The van der Waals surface area contributed by atoms with Gasteiger partial charge in [-0.25, -0.2) is 9.29 Å². The van der Waals surface area contributed by atoms with Gasteiger partial charge in [0.1, 0.15) is 11.9 Å². The fraction of sp³-hybridized carbons (Fsp3) is 0.174. The maximum atomic E-state index is 13.3. The molecule has 2 aromatic carbocycles. The highest BCUT2D eigenvalue weighted by atomic mass is 19.1. The molecule has 6 nitrogen and oxygen atoms in total. The quantitative estimate of drug-likeness (QED) is 0.606. The van der Waals surface area contributed by atoms with E-state index in [0.717, 1.165) is 10.5 Å². The molecule has 1 aromatic heterocycles. The Bertz CT molecular complexity index is 1080. The fourth-order valence-corrected chi connectivity index (χ4v) is 3.48. The molecule has 1 aliphatic heterocycles. The van der Waals surface area contributed by atoms with Crippen LogP contribution in [0.25, 0.3) is 0 Å². The van der Waals surface area contributed by atoms with Crippen LogP contribution in [0.1, 0.15) is 28.1 Å². The van der Waals surface area contributed by atoms with E-state index in [1.54, 1.807) is 18.2 Å². The highest BCUT2D eigenvalue weighted by molar-refractivity contribution is 6.23. The van der Waals surface area contributed by atoms with Crippen molar-refractivity contribution in [2.75, 3.05) is 4.90 Å². The Morgan fingerprint density at radius 2 is 1.80 bits per heavy atom. The van der Waals surface area contributed by atoms with Crippen molar-refractivity contribution in [2.45, 2.75) is 25.9 Å². The molecule has 1 fully saturated rings. The zero-order chi connectivity index (χ0) is 21.3. The Hall–Kier alpha value is -3.74. The lowest BCUT2D eigenvalue weighted by atomic mass is 10.1. The van der Waals surface area contributed by atoms with Crippen molar-refractivity contribution in [3.05, 3.63) is 89.6 Å². The lowest BCUT2D eigenvalue weighted by molar-refractivity contribution is -0.122. The number of imide groups is 1. The number of carbonyl (C=O) groups excluding carboxylic acids is 3. The molecule has 1 atom stereocenters. The van der Waals surface area contributed by atoms with Gasteiger partial charge in [0.15, 0.2) is 5.76 Å². The molecule has 152 valence electrons. The van der Waals surface area contributed by atoms with Crippen LogP contribution in [0.5, 0.6) is 0 Å². The highest BCUT2D eigenvalue weighted by Crippen LogP contribution is 2.28. The van der Waals surface area contributed by atoms with Gasteiger partial charge in [0.05, 0.1) is 18.4 Å². The molecule has 0 N–H and O–H groups in total. The zero-order valence-electron chi connectivity index (χ0n) is 16.2. The summed E-state index contributed by atoms with van der Waals surface area (Å²) in [5.41, 5.74) is 2.09. The topological polar surface area (TPSA) is 70.8 Å². The van der Waals surface area contributed by atoms with Crippen molar-refractivity contribution in [1.82, 2.24) is 4.90 Å². The number of halogens is 1. The van der Waals surface area contributed by atoms with Crippen LogP contribution in [0.3, 0.4) is 0 Å². The third-order valence-electron chi connectivity index (χ3n) is 5.05. The lowest BCUT2D eigenvalue weighted by Gasteiger charge is -2.27. The van der Waals surface area contributed by atoms with Crippen molar-refractivity contribution >= 4 is 23.4 Å². The molecule has 3 amide bonds. The number of furan rings is 1. The van der Waals surface area contributed by atoms with Crippen LogP contribution in [-0.4, -0.2) is 28.7 Å². The molecule has 1 aliphatic rings. The summed E-state index contributed by atoms with van der Waals surface area (Å²) in [5, 5.41) is 0. The van der Waals surface area contributed by atoms with Crippen LogP contribution in [-0.2, 0) is 16.1 Å². The van der Waals surface area contributed by atoms with E-state index in [4.69, 9.17) is 4.42 Å². The standard InChI is InChI=1S/C23H19FN2O4/c1-15-4-10-18(11-5-15)26-21(27)13-19(22(26)28)25(23(29)20-3-2-12-30-20)14-16-6-8-17(24)9-7-16/h2-12,19H,13-14H2,1H3. The van der Waals surface area contributed by atoms with Crippen LogP contribution in [0, 0.1) is 12.7 Å². The first-order valence-electron chi connectivity index (χ1n) is 9.46. The van der Waals surface area contributed by atoms with Crippen LogP contribution < -0.4 is 4.90 Å². The molecular formula is C23H19FN2O4. The number of anilines is 1. The Labute approximate surface area is 172 Å². The first kappa shape index (κ1) is 19.6. The number of hydrogen-bond donors (Lipinski definition) is 0. The molecule has 7 heteroatoms. The summed E-state index contributed by atoms with van der Waals surface area (Å²) in [6.45, 7) is 1.94. The molecule has 0 radical (unpaired) electrons. The average Bonchev–Trinajstić information content (AvgIpc) is 3.37. The molecule has 0 bridgehead atoms. The Morgan fingerprint density at radius 1 is 1.10 bits per heavy atom. The Balaban J connectivity index is 1.66. The van der Waals surface area contributed by atoms with Crippen LogP contribution >= 0.6 is 0 Å². The summed E-state index contributed by atoms with van der Waals surface area (Å²) >= 11 is 0. The molecule has 0 aliphatic carbocycles. The molecule has 0 spiro atoms. The SMILES string of the molecule is Cc1ccc(N2C(=O)CC(N(Cc3ccc(F)cc3)C(=O)c3ccco3)C2=O)cc1. The summed E-state index contributed by atoms with van der Waals surface area (Å²) in [5.74, 6) is -1.72. The summed E-state index contributed by atoms with van der Waals surface area (Å²) in [7, 11) is 0. The molecule has 3 aromatic rings. The maximum Gasteiger partial charge on any atom is 0.290 e. The van der Waals surface area contributed by atoms with Crippen molar-refractivity contribution in [3.8, 4) is 0 Å². The van der Waals surface area contributed by atoms with Gasteiger partial charge in [-0.05, 0) is 48.9 Å². The normalized spacial score (nSPS) is 16.2. The first-order valence-corrected chi connectivity index (χ1v) is 9.46. The van der Waals surface area contributed by atoms with Gasteiger partial charge in [-0.2, -0.15) is 0 Å². The number of benzene rings is 2. The molecule has 4 rings (SSSR count). The minimum Gasteiger partial charge on any atom is -0.459 e. The minimum absolute atomic E-state index is 0.0330. The molecule has 1 unspecified atom stereocenters. The number of hydrogen-bond acceptors (Lipinski definition) is 4. The Kier molecular flexibility index (Phi) is 5.18. The third kappa shape index (κ3) is 3.74. The smallest absolute Gasteiger partial charge is 0.290 e. The van der Waals surface area contributed by atoms with Gasteiger partial charge in [-0.1, -0.05) is 29.8 Å². The van der Waals surface area contributed by atoms with Crippen LogP contribution in [0.4, 0.5) is 10.1 Å². The molecular weight excluding hydrogens is 387 g/mol. The van der Waals surface area contributed by atoms with Gasteiger partial charge in [0, 0.05) is 6.54 Å². The highest BCUT2D eigenvalue weighted by Gasteiger charge is 2.45. The van der Waals surface area contributed by atoms with Gasteiger partial charge < -0.3 is 9.32 Å².